The minimum atomic E-state index is -0.593. The molecule has 152 valence electrons. The zero-order valence-corrected chi connectivity index (χ0v) is 16.5. The number of para-hydroxylation sites is 2. The highest BCUT2D eigenvalue weighted by molar-refractivity contribution is 6.30. The van der Waals surface area contributed by atoms with Crippen molar-refractivity contribution in [2.45, 2.75) is 0 Å². The monoisotopic (exact) mass is 418 g/mol. The normalized spacial score (nSPS) is 12.1. The van der Waals surface area contributed by atoms with Crippen LogP contribution in [0.2, 0.25) is 0 Å². The minimum Gasteiger partial charge on any atom is -0.384 e. The molecule has 0 radical (unpaired) electrons. The van der Waals surface area contributed by atoms with Gasteiger partial charge in [-0.05, 0) is 24.3 Å². The number of hydrogen-bond acceptors (Lipinski definition) is 6. The summed E-state index contributed by atoms with van der Waals surface area (Å²) >= 11 is 0. The van der Waals surface area contributed by atoms with Crippen molar-refractivity contribution in [1.82, 2.24) is 9.13 Å². The fourth-order valence-electron chi connectivity index (χ4n) is 4.21. The number of nitrogens with two attached hydrogens (primary N) is 2. The summed E-state index contributed by atoms with van der Waals surface area (Å²) in [7, 11) is 0. The Balaban J connectivity index is 1.90. The molecule has 4 N–H and O–H groups in total. The maximum atomic E-state index is 13.7. The third-order valence-electron chi connectivity index (χ3n) is 5.55. The second-order valence-electron chi connectivity index (χ2n) is 7.19. The SMILES string of the molecule is N#Cc1c2c(n(-c3ccccc3)c1N)C(=O)c1c(C#N)c(N)n(-c3ccccc3)c1C2=O. The average Bonchev–Trinajstić information content (AvgIpc) is 3.29. The zero-order valence-electron chi connectivity index (χ0n) is 16.5. The van der Waals surface area contributed by atoms with E-state index >= 15 is 0 Å². The van der Waals surface area contributed by atoms with E-state index in [0.717, 1.165) is 0 Å². The zero-order chi connectivity index (χ0) is 22.6. The molecular weight excluding hydrogens is 404 g/mol. The molecule has 1 aliphatic rings. The molecule has 32 heavy (non-hydrogen) atoms. The van der Waals surface area contributed by atoms with E-state index in [2.05, 4.69) is 0 Å². The fraction of sp³-hybridized carbons (Fsp3) is 0. The lowest BCUT2D eigenvalue weighted by atomic mass is 9.89. The lowest BCUT2D eigenvalue weighted by Crippen LogP contribution is -2.25. The Kier molecular flexibility index (Phi) is 3.98. The summed E-state index contributed by atoms with van der Waals surface area (Å²) in [5.74, 6) is -1.23. The first-order valence-corrected chi connectivity index (χ1v) is 9.60. The van der Waals surface area contributed by atoms with Crippen LogP contribution in [0.1, 0.15) is 43.2 Å². The van der Waals surface area contributed by atoms with Crippen molar-refractivity contribution in [3.63, 3.8) is 0 Å². The maximum absolute atomic E-state index is 13.7. The van der Waals surface area contributed by atoms with Gasteiger partial charge in [0.1, 0.15) is 46.3 Å². The molecule has 5 rings (SSSR count). The minimum absolute atomic E-state index is 0.0201. The van der Waals surface area contributed by atoms with E-state index in [9.17, 15) is 20.1 Å². The molecule has 2 aromatic carbocycles. The molecule has 8 nitrogen and oxygen atoms in total. The second-order valence-corrected chi connectivity index (χ2v) is 7.19. The third kappa shape index (κ3) is 2.29. The predicted molar refractivity (Wildman–Crippen MR) is 117 cm³/mol. The van der Waals surface area contributed by atoms with Crippen molar-refractivity contribution < 1.29 is 9.59 Å². The quantitative estimate of drug-likeness (QED) is 0.451. The number of rotatable bonds is 2. The number of ketones is 2. The van der Waals surface area contributed by atoms with Crippen LogP contribution in [0, 0.1) is 22.7 Å². The van der Waals surface area contributed by atoms with Crippen LogP contribution in [0.5, 0.6) is 0 Å². The molecule has 0 spiro atoms. The Labute approximate surface area is 182 Å². The van der Waals surface area contributed by atoms with E-state index in [4.69, 9.17) is 11.5 Å². The summed E-state index contributed by atoms with van der Waals surface area (Å²) in [6, 6.07) is 21.3. The van der Waals surface area contributed by atoms with Gasteiger partial charge in [0.25, 0.3) is 0 Å². The maximum Gasteiger partial charge on any atom is 0.214 e. The molecule has 0 fully saturated rings. The largest absolute Gasteiger partial charge is 0.384 e. The van der Waals surface area contributed by atoms with Crippen molar-refractivity contribution in [3.8, 4) is 23.5 Å². The molecule has 0 unspecified atom stereocenters. The number of nitriles is 2. The lowest BCUT2D eigenvalue weighted by molar-refractivity contribution is 0.0971. The molecule has 2 aromatic heterocycles. The van der Waals surface area contributed by atoms with Crippen LogP contribution in [-0.4, -0.2) is 20.7 Å². The summed E-state index contributed by atoms with van der Waals surface area (Å²) < 4.78 is 2.77. The number of aromatic nitrogens is 2. The number of nitrogens with zero attached hydrogens (tertiary/aromatic N) is 4. The van der Waals surface area contributed by atoms with Gasteiger partial charge in [-0.2, -0.15) is 10.5 Å². The molecule has 0 atom stereocenters. The Morgan fingerprint density at radius 2 is 0.969 bits per heavy atom. The van der Waals surface area contributed by atoms with Gasteiger partial charge in [0.05, 0.1) is 11.1 Å². The molecule has 8 heteroatoms. The summed E-state index contributed by atoms with van der Waals surface area (Å²) in [5.41, 5.74) is 13.0. The predicted octanol–water partition coefficient (Wildman–Crippen LogP) is 2.95. The van der Waals surface area contributed by atoms with Gasteiger partial charge in [-0.1, -0.05) is 36.4 Å². The van der Waals surface area contributed by atoms with E-state index in [1.807, 2.05) is 12.1 Å². The number of fused-ring (bicyclic) bond motifs is 2. The summed E-state index contributed by atoms with van der Waals surface area (Å²) in [5, 5.41) is 19.6. The number of anilines is 2. The van der Waals surface area contributed by atoms with Crippen LogP contribution in [-0.2, 0) is 0 Å². The molecule has 0 amide bonds. The molecule has 0 bridgehead atoms. The van der Waals surface area contributed by atoms with Crippen molar-refractivity contribution in [2.75, 3.05) is 11.5 Å². The van der Waals surface area contributed by atoms with Crippen LogP contribution in [0.3, 0.4) is 0 Å². The van der Waals surface area contributed by atoms with Crippen LogP contribution < -0.4 is 11.5 Å². The Morgan fingerprint density at radius 1 is 0.625 bits per heavy atom. The lowest BCUT2D eigenvalue weighted by Gasteiger charge is -2.17. The average molecular weight is 418 g/mol. The van der Waals surface area contributed by atoms with Crippen molar-refractivity contribution in [2.24, 2.45) is 0 Å². The smallest absolute Gasteiger partial charge is 0.214 e. The van der Waals surface area contributed by atoms with Crippen LogP contribution in [0.15, 0.2) is 60.7 Å². The van der Waals surface area contributed by atoms with Gasteiger partial charge in [0.15, 0.2) is 0 Å². The van der Waals surface area contributed by atoms with Gasteiger partial charge < -0.3 is 11.5 Å². The van der Waals surface area contributed by atoms with Gasteiger partial charge >= 0.3 is 0 Å². The molecular formula is C24H14N6O2. The highest BCUT2D eigenvalue weighted by atomic mass is 16.1. The third-order valence-corrected chi connectivity index (χ3v) is 5.55. The Bertz CT molecular complexity index is 1410. The van der Waals surface area contributed by atoms with E-state index in [1.54, 1.807) is 60.7 Å². The van der Waals surface area contributed by atoms with Gasteiger partial charge in [0.2, 0.25) is 11.6 Å². The Morgan fingerprint density at radius 3 is 1.28 bits per heavy atom. The van der Waals surface area contributed by atoms with Crippen molar-refractivity contribution in [1.29, 1.82) is 10.5 Å². The van der Waals surface area contributed by atoms with Crippen molar-refractivity contribution >= 4 is 23.2 Å². The van der Waals surface area contributed by atoms with E-state index in [-0.39, 0.29) is 45.3 Å². The summed E-state index contributed by atoms with van der Waals surface area (Å²) in [6.07, 6.45) is 0. The number of carbonyl (C=O) groups is 2. The highest BCUT2D eigenvalue weighted by Gasteiger charge is 2.43. The van der Waals surface area contributed by atoms with E-state index in [1.165, 1.54) is 9.13 Å². The van der Waals surface area contributed by atoms with Gasteiger partial charge in [-0.25, -0.2) is 0 Å². The second kappa shape index (κ2) is 6.73. The Hall–Kier alpha value is -5.08. The van der Waals surface area contributed by atoms with Gasteiger partial charge in [-0.3, -0.25) is 18.7 Å². The molecule has 0 saturated heterocycles. The molecule has 0 aliphatic heterocycles. The summed E-state index contributed by atoms with van der Waals surface area (Å²) in [6.45, 7) is 0. The molecule has 4 aromatic rings. The number of benzene rings is 2. The highest BCUT2D eigenvalue weighted by Crippen LogP contribution is 2.41. The first kappa shape index (κ1) is 18.9. The van der Waals surface area contributed by atoms with E-state index in [0.29, 0.717) is 11.4 Å². The van der Waals surface area contributed by atoms with Crippen LogP contribution >= 0.6 is 0 Å². The van der Waals surface area contributed by atoms with Gasteiger partial charge in [-0.15, -0.1) is 0 Å². The summed E-state index contributed by atoms with van der Waals surface area (Å²) in [4.78, 5) is 27.5. The number of carbonyl (C=O) groups excluding carboxylic acids is 2. The molecule has 1 aliphatic carbocycles. The first-order valence-electron chi connectivity index (χ1n) is 9.60. The number of nitrogen functional groups attached to an aromatic ring is 2. The van der Waals surface area contributed by atoms with E-state index < -0.39 is 11.6 Å². The number of hydrogen-bond donors (Lipinski definition) is 2. The fourth-order valence-corrected chi connectivity index (χ4v) is 4.21. The van der Waals surface area contributed by atoms with Crippen molar-refractivity contribution in [3.05, 3.63) is 94.3 Å². The molecule has 0 saturated carbocycles. The topological polar surface area (TPSA) is 144 Å². The van der Waals surface area contributed by atoms with Crippen LogP contribution in [0.4, 0.5) is 11.6 Å². The van der Waals surface area contributed by atoms with Crippen LogP contribution in [0.25, 0.3) is 11.4 Å². The standard InChI is InChI=1S/C24H14N6O2/c25-11-15-17-19(29(23(15)27)13-7-3-1-4-8-13)21(31)18-16(12-26)24(28)30(20(18)22(17)32)14-9-5-2-6-10-14/h1-10H,27-28H2. The first-order chi connectivity index (χ1) is 15.5. The van der Waals surface area contributed by atoms with Gasteiger partial charge in [0, 0.05) is 11.4 Å². The molecule has 2 heterocycles.